The molecule has 2 fully saturated rings. The van der Waals surface area contributed by atoms with Crippen LogP contribution >= 0.6 is 0 Å². The summed E-state index contributed by atoms with van der Waals surface area (Å²) in [5, 5.41) is 0. The lowest BCUT2D eigenvalue weighted by atomic mass is 10.2. The van der Waals surface area contributed by atoms with E-state index in [4.69, 9.17) is 4.74 Å². The lowest BCUT2D eigenvalue weighted by Crippen LogP contribution is -2.43. The molecule has 0 radical (unpaired) electrons. The summed E-state index contributed by atoms with van der Waals surface area (Å²) < 4.78 is 19.5. The highest BCUT2D eigenvalue weighted by molar-refractivity contribution is 5.99. The van der Waals surface area contributed by atoms with Crippen LogP contribution in [-0.4, -0.2) is 49.7 Å². The number of amides is 1. The van der Waals surface area contributed by atoms with Crippen LogP contribution in [0.4, 0.5) is 10.1 Å². The number of halogens is 1. The highest BCUT2D eigenvalue weighted by atomic mass is 19.1. The smallest absolute Gasteiger partial charge is 0.244 e. The highest BCUT2D eigenvalue weighted by Crippen LogP contribution is 2.26. The monoisotopic (exact) mass is 292 g/mol. The normalized spacial score (nSPS) is 26.0. The Labute approximate surface area is 124 Å². The van der Waals surface area contributed by atoms with Gasteiger partial charge in [-0.25, -0.2) is 4.39 Å². The van der Waals surface area contributed by atoms with Gasteiger partial charge in [0.05, 0.1) is 17.8 Å². The van der Waals surface area contributed by atoms with Crippen LogP contribution in [0.1, 0.15) is 19.3 Å². The van der Waals surface area contributed by atoms with Crippen molar-refractivity contribution in [1.82, 2.24) is 4.90 Å². The van der Waals surface area contributed by atoms with E-state index in [2.05, 4.69) is 4.90 Å². The first kappa shape index (κ1) is 14.5. The molecule has 1 aromatic rings. The molecule has 2 heterocycles. The molecule has 114 valence electrons. The number of hydrogen-bond donors (Lipinski definition) is 0. The fraction of sp³-hybridized carbons (Fsp3) is 0.562. The van der Waals surface area contributed by atoms with Crippen LogP contribution in [0.5, 0.6) is 0 Å². The van der Waals surface area contributed by atoms with Crippen LogP contribution in [0, 0.1) is 5.82 Å². The van der Waals surface area contributed by atoms with Crippen LogP contribution in [0.3, 0.4) is 0 Å². The van der Waals surface area contributed by atoms with Crippen molar-refractivity contribution in [3.63, 3.8) is 0 Å². The van der Waals surface area contributed by atoms with E-state index in [1.54, 1.807) is 23.1 Å². The van der Waals surface area contributed by atoms with Crippen LogP contribution < -0.4 is 4.90 Å². The zero-order valence-electron chi connectivity index (χ0n) is 12.3. The first-order valence-corrected chi connectivity index (χ1v) is 7.54. The molecule has 0 aromatic heterocycles. The van der Waals surface area contributed by atoms with Crippen molar-refractivity contribution in [3.8, 4) is 0 Å². The summed E-state index contributed by atoms with van der Waals surface area (Å²) in [6, 6.07) is 6.28. The molecule has 0 unspecified atom stereocenters. The summed E-state index contributed by atoms with van der Waals surface area (Å²) in [5.41, 5.74) is 0.385. The average molecular weight is 292 g/mol. The predicted molar refractivity (Wildman–Crippen MR) is 78.8 cm³/mol. The number of benzene rings is 1. The van der Waals surface area contributed by atoms with E-state index < -0.39 is 0 Å². The van der Waals surface area contributed by atoms with Crippen LogP contribution in [0.2, 0.25) is 0 Å². The summed E-state index contributed by atoms with van der Waals surface area (Å²) in [7, 11) is 1.95. The first-order chi connectivity index (χ1) is 10.2. The van der Waals surface area contributed by atoms with Gasteiger partial charge in [-0.2, -0.15) is 0 Å². The first-order valence-electron chi connectivity index (χ1n) is 7.54. The lowest BCUT2D eigenvalue weighted by Gasteiger charge is -2.26. The van der Waals surface area contributed by atoms with Gasteiger partial charge in [0.2, 0.25) is 5.91 Å². The number of carbonyl (C=O) groups is 1. The molecule has 0 saturated carbocycles. The molecule has 1 aromatic carbocycles. The van der Waals surface area contributed by atoms with Crippen molar-refractivity contribution < 1.29 is 13.9 Å². The molecule has 21 heavy (non-hydrogen) atoms. The van der Waals surface area contributed by atoms with Gasteiger partial charge in [-0.15, -0.1) is 0 Å². The third-order valence-corrected chi connectivity index (χ3v) is 4.37. The maximum atomic E-state index is 13.8. The molecular weight excluding hydrogens is 271 g/mol. The van der Waals surface area contributed by atoms with Crippen molar-refractivity contribution in [1.29, 1.82) is 0 Å². The van der Waals surface area contributed by atoms with E-state index in [1.807, 2.05) is 7.05 Å². The number of ether oxygens (including phenoxy) is 1. The van der Waals surface area contributed by atoms with E-state index in [9.17, 15) is 9.18 Å². The number of carbonyl (C=O) groups excluding carboxylic acids is 1. The standard InChI is InChI=1S/C16H21FN2O2/c1-18(11-12-5-4-10-21-12)15-8-9-19(16(15)20)14-7-3-2-6-13(14)17/h2-3,6-7,12,15H,4-5,8-11H2,1H3/t12-,15+/m1/s1. The molecule has 0 aliphatic carbocycles. The largest absolute Gasteiger partial charge is 0.377 e. The van der Waals surface area contributed by atoms with Gasteiger partial charge in [0.25, 0.3) is 0 Å². The topological polar surface area (TPSA) is 32.8 Å². The Bertz CT molecular complexity index is 517. The maximum absolute atomic E-state index is 13.8. The third-order valence-electron chi connectivity index (χ3n) is 4.37. The Morgan fingerprint density at radius 1 is 1.38 bits per heavy atom. The molecule has 2 aliphatic rings. The van der Waals surface area contributed by atoms with Gasteiger partial charge in [-0.1, -0.05) is 12.1 Å². The lowest BCUT2D eigenvalue weighted by molar-refractivity contribution is -0.121. The summed E-state index contributed by atoms with van der Waals surface area (Å²) >= 11 is 0. The predicted octanol–water partition coefficient (Wildman–Crippen LogP) is 2.04. The van der Waals surface area contributed by atoms with Crippen LogP contribution in [0.25, 0.3) is 0 Å². The maximum Gasteiger partial charge on any atom is 0.244 e. The number of anilines is 1. The molecule has 0 N–H and O–H groups in total. The number of likely N-dealkylation sites (N-methyl/N-ethyl adjacent to an activating group) is 1. The molecule has 0 bridgehead atoms. The van der Waals surface area contributed by atoms with Gasteiger partial charge < -0.3 is 9.64 Å². The molecule has 0 spiro atoms. The number of nitrogens with zero attached hydrogens (tertiary/aromatic N) is 2. The van der Waals surface area contributed by atoms with Crippen molar-refractivity contribution in [2.75, 3.05) is 31.6 Å². The molecule has 2 saturated heterocycles. The molecular formula is C16H21FN2O2. The van der Waals surface area contributed by atoms with Gasteiger partial charge in [0.15, 0.2) is 0 Å². The van der Waals surface area contributed by atoms with Gasteiger partial charge in [-0.05, 0) is 38.4 Å². The second-order valence-corrected chi connectivity index (χ2v) is 5.82. The number of para-hydroxylation sites is 1. The Morgan fingerprint density at radius 3 is 2.90 bits per heavy atom. The van der Waals surface area contributed by atoms with Crippen molar-refractivity contribution >= 4 is 11.6 Å². The number of rotatable bonds is 4. The van der Waals surface area contributed by atoms with Crippen molar-refractivity contribution in [3.05, 3.63) is 30.1 Å². The fourth-order valence-corrected chi connectivity index (χ4v) is 3.22. The summed E-state index contributed by atoms with van der Waals surface area (Å²) in [6.07, 6.45) is 3.11. The van der Waals surface area contributed by atoms with Crippen LogP contribution in [0.15, 0.2) is 24.3 Å². The second-order valence-electron chi connectivity index (χ2n) is 5.82. The third kappa shape index (κ3) is 2.94. The minimum absolute atomic E-state index is 0.0133. The van der Waals surface area contributed by atoms with E-state index in [0.717, 1.165) is 32.4 Å². The minimum atomic E-state index is -0.340. The molecule has 2 atom stereocenters. The second kappa shape index (κ2) is 6.12. The van der Waals surface area contributed by atoms with E-state index in [0.29, 0.717) is 12.2 Å². The zero-order chi connectivity index (χ0) is 14.8. The SMILES string of the molecule is CN(C[C@H]1CCCO1)[C@H]1CCN(c2ccccc2F)C1=O. The quantitative estimate of drug-likeness (QED) is 0.851. The highest BCUT2D eigenvalue weighted by Gasteiger charge is 2.37. The Balaban J connectivity index is 1.67. The number of hydrogen-bond acceptors (Lipinski definition) is 3. The van der Waals surface area contributed by atoms with Gasteiger partial charge in [0, 0.05) is 19.7 Å². The van der Waals surface area contributed by atoms with Crippen LogP contribution in [-0.2, 0) is 9.53 Å². The van der Waals surface area contributed by atoms with Gasteiger partial charge in [-0.3, -0.25) is 9.69 Å². The Kier molecular flexibility index (Phi) is 4.22. The molecule has 1 amide bonds. The molecule has 5 heteroatoms. The van der Waals surface area contributed by atoms with E-state index >= 15 is 0 Å². The molecule has 3 rings (SSSR count). The fourth-order valence-electron chi connectivity index (χ4n) is 3.22. The Hall–Kier alpha value is -1.46. The zero-order valence-corrected chi connectivity index (χ0v) is 12.3. The summed E-state index contributed by atoms with van der Waals surface area (Å²) in [4.78, 5) is 16.2. The van der Waals surface area contributed by atoms with E-state index in [-0.39, 0.29) is 23.9 Å². The van der Waals surface area contributed by atoms with Gasteiger partial charge >= 0.3 is 0 Å². The summed E-state index contributed by atoms with van der Waals surface area (Å²) in [5.74, 6) is -0.353. The van der Waals surface area contributed by atoms with Crippen molar-refractivity contribution in [2.24, 2.45) is 0 Å². The van der Waals surface area contributed by atoms with Gasteiger partial charge in [0.1, 0.15) is 5.82 Å². The average Bonchev–Trinajstić information content (AvgIpc) is 3.09. The molecule has 4 nitrogen and oxygen atoms in total. The summed E-state index contributed by atoms with van der Waals surface area (Å²) in [6.45, 7) is 2.15. The Morgan fingerprint density at radius 2 is 2.19 bits per heavy atom. The van der Waals surface area contributed by atoms with E-state index in [1.165, 1.54) is 6.07 Å². The van der Waals surface area contributed by atoms with Crippen molar-refractivity contribution in [2.45, 2.75) is 31.4 Å². The molecule has 2 aliphatic heterocycles. The minimum Gasteiger partial charge on any atom is -0.377 e.